The van der Waals surface area contributed by atoms with Gasteiger partial charge in [0.05, 0.1) is 6.04 Å². The van der Waals surface area contributed by atoms with E-state index in [4.69, 9.17) is 4.74 Å². The van der Waals surface area contributed by atoms with Crippen LogP contribution in [0.15, 0.2) is 28.7 Å². The van der Waals surface area contributed by atoms with E-state index in [2.05, 4.69) is 21.2 Å². The molecule has 4 heteroatoms. The van der Waals surface area contributed by atoms with Gasteiger partial charge >= 0.3 is 0 Å². The summed E-state index contributed by atoms with van der Waals surface area (Å²) in [6, 6.07) is 7.88. The lowest BCUT2D eigenvalue weighted by Gasteiger charge is -2.14. The van der Waals surface area contributed by atoms with Gasteiger partial charge in [0, 0.05) is 11.1 Å². The molecule has 16 heavy (non-hydrogen) atoms. The van der Waals surface area contributed by atoms with E-state index in [0.717, 1.165) is 10.0 Å². The number of carbonyl (C=O) groups is 1. The average Bonchev–Trinajstić information content (AvgIpc) is 2.27. The first-order valence-corrected chi connectivity index (χ1v) is 6.05. The van der Waals surface area contributed by atoms with Crippen LogP contribution in [0.2, 0.25) is 0 Å². The second kappa shape index (κ2) is 6.66. The molecule has 1 N–H and O–H groups in total. The zero-order valence-electron chi connectivity index (χ0n) is 9.50. The molecule has 0 aliphatic heterocycles. The second-order valence-electron chi connectivity index (χ2n) is 3.48. The molecule has 1 atom stereocenters. The maximum Gasteiger partial charge on any atom is 0.246 e. The summed E-state index contributed by atoms with van der Waals surface area (Å²) in [6.45, 7) is 4.50. The Bertz CT molecular complexity index is 337. The van der Waals surface area contributed by atoms with Crippen molar-refractivity contribution in [2.24, 2.45) is 0 Å². The summed E-state index contributed by atoms with van der Waals surface area (Å²) in [6.07, 6.45) is 0. The second-order valence-corrected chi connectivity index (χ2v) is 4.39. The first-order chi connectivity index (χ1) is 7.63. The molecule has 0 fully saturated rings. The predicted molar refractivity (Wildman–Crippen MR) is 67.2 cm³/mol. The molecule has 1 rings (SSSR count). The van der Waals surface area contributed by atoms with Gasteiger partial charge in [0.25, 0.3) is 0 Å². The third kappa shape index (κ3) is 4.33. The third-order valence-corrected chi connectivity index (χ3v) is 2.71. The van der Waals surface area contributed by atoms with Gasteiger partial charge in [-0.1, -0.05) is 28.1 Å². The summed E-state index contributed by atoms with van der Waals surface area (Å²) in [4.78, 5) is 11.4. The van der Waals surface area contributed by atoms with Crippen molar-refractivity contribution in [3.8, 4) is 0 Å². The van der Waals surface area contributed by atoms with Crippen LogP contribution in [0.4, 0.5) is 0 Å². The largest absolute Gasteiger partial charge is 0.372 e. The summed E-state index contributed by atoms with van der Waals surface area (Å²) >= 11 is 3.37. The van der Waals surface area contributed by atoms with Crippen LogP contribution >= 0.6 is 15.9 Å². The highest BCUT2D eigenvalue weighted by molar-refractivity contribution is 9.10. The minimum atomic E-state index is -0.0859. The first kappa shape index (κ1) is 13.2. The standard InChI is InChI=1S/C12H16BrNO2/c1-3-16-8-12(15)14-9(2)10-4-6-11(13)7-5-10/h4-7,9H,3,8H2,1-2H3,(H,14,15)/t9-/m0/s1. The van der Waals surface area contributed by atoms with Crippen molar-refractivity contribution in [3.63, 3.8) is 0 Å². The lowest BCUT2D eigenvalue weighted by molar-refractivity contribution is -0.126. The molecule has 1 aromatic carbocycles. The van der Waals surface area contributed by atoms with Crippen LogP contribution in [0.5, 0.6) is 0 Å². The quantitative estimate of drug-likeness (QED) is 0.903. The van der Waals surface area contributed by atoms with E-state index in [1.165, 1.54) is 0 Å². The van der Waals surface area contributed by atoms with Gasteiger partial charge in [-0.2, -0.15) is 0 Å². The number of halogens is 1. The third-order valence-electron chi connectivity index (χ3n) is 2.18. The van der Waals surface area contributed by atoms with E-state index in [-0.39, 0.29) is 18.6 Å². The van der Waals surface area contributed by atoms with Crippen molar-refractivity contribution in [3.05, 3.63) is 34.3 Å². The van der Waals surface area contributed by atoms with Crippen molar-refractivity contribution < 1.29 is 9.53 Å². The summed E-state index contributed by atoms with van der Waals surface area (Å²) in [7, 11) is 0. The number of carbonyl (C=O) groups excluding carboxylic acids is 1. The maximum atomic E-state index is 11.4. The molecule has 0 saturated heterocycles. The zero-order chi connectivity index (χ0) is 12.0. The highest BCUT2D eigenvalue weighted by atomic mass is 79.9. The van der Waals surface area contributed by atoms with Crippen LogP contribution in [-0.2, 0) is 9.53 Å². The van der Waals surface area contributed by atoms with Gasteiger partial charge in [-0.3, -0.25) is 4.79 Å². The Morgan fingerprint density at radius 1 is 1.44 bits per heavy atom. The van der Waals surface area contributed by atoms with Gasteiger partial charge < -0.3 is 10.1 Å². The molecule has 0 aliphatic carbocycles. The molecule has 0 bridgehead atoms. The molecule has 0 heterocycles. The van der Waals surface area contributed by atoms with E-state index in [1.54, 1.807) is 0 Å². The van der Waals surface area contributed by atoms with E-state index in [0.29, 0.717) is 6.61 Å². The SMILES string of the molecule is CCOCC(=O)N[C@@H](C)c1ccc(Br)cc1. The average molecular weight is 286 g/mol. The highest BCUT2D eigenvalue weighted by Gasteiger charge is 2.08. The highest BCUT2D eigenvalue weighted by Crippen LogP contribution is 2.16. The number of ether oxygens (including phenoxy) is 1. The van der Waals surface area contributed by atoms with Gasteiger partial charge in [0.1, 0.15) is 6.61 Å². The van der Waals surface area contributed by atoms with Crippen molar-refractivity contribution in [2.45, 2.75) is 19.9 Å². The lowest BCUT2D eigenvalue weighted by Crippen LogP contribution is -2.30. The molecule has 1 amide bonds. The topological polar surface area (TPSA) is 38.3 Å². The fourth-order valence-corrected chi connectivity index (χ4v) is 1.58. The van der Waals surface area contributed by atoms with Crippen LogP contribution in [0, 0.1) is 0 Å². The Labute approximate surface area is 104 Å². The lowest BCUT2D eigenvalue weighted by atomic mass is 10.1. The van der Waals surface area contributed by atoms with Gasteiger partial charge in [-0.25, -0.2) is 0 Å². The van der Waals surface area contributed by atoms with Crippen molar-refractivity contribution >= 4 is 21.8 Å². The molecule has 0 aliphatic rings. The van der Waals surface area contributed by atoms with Crippen LogP contribution in [0.3, 0.4) is 0 Å². The van der Waals surface area contributed by atoms with Crippen LogP contribution in [-0.4, -0.2) is 19.1 Å². The molecule has 1 aromatic rings. The Balaban J connectivity index is 2.48. The Hall–Kier alpha value is -0.870. The van der Waals surface area contributed by atoms with E-state index < -0.39 is 0 Å². The van der Waals surface area contributed by atoms with Crippen LogP contribution in [0.1, 0.15) is 25.5 Å². The number of benzene rings is 1. The summed E-state index contributed by atoms with van der Waals surface area (Å²) < 4.78 is 6.06. The summed E-state index contributed by atoms with van der Waals surface area (Å²) in [5, 5.41) is 2.87. The Morgan fingerprint density at radius 3 is 2.62 bits per heavy atom. The monoisotopic (exact) mass is 285 g/mol. The van der Waals surface area contributed by atoms with Gasteiger partial charge in [-0.05, 0) is 31.5 Å². The van der Waals surface area contributed by atoms with Crippen LogP contribution < -0.4 is 5.32 Å². The normalized spacial score (nSPS) is 12.2. The molecule has 3 nitrogen and oxygen atoms in total. The van der Waals surface area contributed by atoms with Gasteiger partial charge in [0.15, 0.2) is 0 Å². The molecule has 0 aromatic heterocycles. The van der Waals surface area contributed by atoms with E-state index in [1.807, 2.05) is 38.1 Å². The van der Waals surface area contributed by atoms with Gasteiger partial charge in [-0.15, -0.1) is 0 Å². The number of nitrogens with one attached hydrogen (secondary N) is 1. The van der Waals surface area contributed by atoms with Crippen molar-refractivity contribution in [1.82, 2.24) is 5.32 Å². The number of amides is 1. The molecule has 88 valence electrons. The summed E-state index contributed by atoms with van der Waals surface area (Å²) in [5.41, 5.74) is 1.08. The van der Waals surface area contributed by atoms with Crippen LogP contribution in [0.25, 0.3) is 0 Å². The molecule has 0 radical (unpaired) electrons. The molecular formula is C12H16BrNO2. The first-order valence-electron chi connectivity index (χ1n) is 5.26. The fraction of sp³-hybridized carbons (Fsp3) is 0.417. The minimum Gasteiger partial charge on any atom is -0.372 e. The number of hydrogen-bond acceptors (Lipinski definition) is 2. The van der Waals surface area contributed by atoms with Crippen molar-refractivity contribution in [2.75, 3.05) is 13.2 Å². The Morgan fingerprint density at radius 2 is 2.06 bits per heavy atom. The maximum absolute atomic E-state index is 11.4. The number of hydrogen-bond donors (Lipinski definition) is 1. The Kier molecular flexibility index (Phi) is 5.49. The van der Waals surface area contributed by atoms with Gasteiger partial charge in [0.2, 0.25) is 5.91 Å². The molecular weight excluding hydrogens is 270 g/mol. The minimum absolute atomic E-state index is 0.000978. The van der Waals surface area contributed by atoms with E-state index in [9.17, 15) is 4.79 Å². The van der Waals surface area contributed by atoms with Crippen molar-refractivity contribution in [1.29, 1.82) is 0 Å². The molecule has 0 spiro atoms. The summed E-state index contributed by atoms with van der Waals surface area (Å²) in [5.74, 6) is -0.0859. The fourth-order valence-electron chi connectivity index (χ4n) is 1.31. The molecule has 0 unspecified atom stereocenters. The molecule has 0 saturated carbocycles. The number of rotatable bonds is 5. The predicted octanol–water partition coefficient (Wildman–Crippen LogP) is 2.66. The zero-order valence-corrected chi connectivity index (χ0v) is 11.1. The van der Waals surface area contributed by atoms with E-state index >= 15 is 0 Å². The smallest absolute Gasteiger partial charge is 0.246 e.